The molecule has 172 valence electrons. The van der Waals surface area contributed by atoms with Crippen molar-refractivity contribution in [3.63, 3.8) is 0 Å². The molecule has 0 aliphatic carbocycles. The van der Waals surface area contributed by atoms with Gasteiger partial charge in [0.25, 0.3) is 10.0 Å². The Labute approximate surface area is 205 Å². The molecular weight excluding hydrogens is 486 g/mol. The van der Waals surface area contributed by atoms with Crippen LogP contribution in [0.4, 0.5) is 16.6 Å². The number of sulfonamides is 1. The number of hydrogen-bond donors (Lipinski definition) is 2. The molecular formula is C24H21N5O2S3. The topological polar surface area (TPSA) is 96.9 Å². The highest BCUT2D eigenvalue weighted by Gasteiger charge is 2.17. The number of hydrogen-bond acceptors (Lipinski definition) is 8. The number of rotatable bonds is 7. The van der Waals surface area contributed by atoms with Gasteiger partial charge in [-0.3, -0.25) is 4.72 Å². The van der Waals surface area contributed by atoms with E-state index in [1.165, 1.54) is 23.2 Å². The number of aromatic nitrogens is 3. The standard InChI is InChI=1S/C24H21N5O2S3/c1-15(2)16-3-5-17(6-4-16)20-13-33-23-21(20)22(26-14-27-23)28-18-7-9-19(10-8-18)34(30,31)29-24-25-11-12-32-24/h3-15H,1-2H3,(H,25,29)(H,26,27,28). The molecule has 5 aromatic rings. The van der Waals surface area contributed by atoms with Crippen molar-refractivity contribution in [1.82, 2.24) is 15.0 Å². The van der Waals surface area contributed by atoms with Crippen LogP contribution in [-0.4, -0.2) is 23.4 Å². The molecule has 2 aromatic carbocycles. The second-order valence-corrected chi connectivity index (χ2v) is 11.4. The first kappa shape index (κ1) is 22.5. The van der Waals surface area contributed by atoms with Gasteiger partial charge in [-0.15, -0.1) is 22.7 Å². The van der Waals surface area contributed by atoms with E-state index in [4.69, 9.17) is 0 Å². The van der Waals surface area contributed by atoms with E-state index in [0.717, 1.165) is 27.0 Å². The number of nitrogens with zero attached hydrogens (tertiary/aromatic N) is 3. The van der Waals surface area contributed by atoms with Crippen LogP contribution in [0.5, 0.6) is 0 Å². The third-order valence-electron chi connectivity index (χ3n) is 5.34. The fourth-order valence-electron chi connectivity index (χ4n) is 3.53. The van der Waals surface area contributed by atoms with Crippen molar-refractivity contribution >= 4 is 59.6 Å². The smallest absolute Gasteiger partial charge is 0.263 e. The number of fused-ring (bicyclic) bond motifs is 1. The van der Waals surface area contributed by atoms with E-state index in [-0.39, 0.29) is 4.90 Å². The summed E-state index contributed by atoms with van der Waals surface area (Å²) >= 11 is 2.79. The number of benzene rings is 2. The molecule has 0 bridgehead atoms. The average Bonchev–Trinajstić information content (AvgIpc) is 3.50. The normalized spacial score (nSPS) is 11.7. The van der Waals surface area contributed by atoms with Crippen molar-refractivity contribution in [2.45, 2.75) is 24.7 Å². The number of anilines is 3. The summed E-state index contributed by atoms with van der Waals surface area (Å²) in [6.45, 7) is 4.35. The van der Waals surface area contributed by atoms with Crippen molar-refractivity contribution in [3.05, 3.63) is 77.4 Å². The number of nitrogens with one attached hydrogen (secondary N) is 2. The average molecular weight is 508 g/mol. The van der Waals surface area contributed by atoms with Crippen LogP contribution in [0.15, 0.2) is 76.7 Å². The van der Waals surface area contributed by atoms with Crippen molar-refractivity contribution in [2.24, 2.45) is 0 Å². The number of thiophene rings is 1. The second kappa shape index (κ2) is 9.13. The maximum absolute atomic E-state index is 12.6. The maximum Gasteiger partial charge on any atom is 0.263 e. The summed E-state index contributed by atoms with van der Waals surface area (Å²) in [6, 6.07) is 15.1. The Morgan fingerprint density at radius 2 is 1.68 bits per heavy atom. The molecule has 3 aromatic heterocycles. The van der Waals surface area contributed by atoms with Crippen LogP contribution in [0.1, 0.15) is 25.3 Å². The van der Waals surface area contributed by atoms with Crippen LogP contribution in [0.3, 0.4) is 0 Å². The van der Waals surface area contributed by atoms with Gasteiger partial charge in [0.15, 0.2) is 5.13 Å². The van der Waals surface area contributed by atoms with Gasteiger partial charge in [-0.1, -0.05) is 38.1 Å². The fraction of sp³-hybridized carbons (Fsp3) is 0.125. The van der Waals surface area contributed by atoms with Crippen LogP contribution >= 0.6 is 22.7 Å². The van der Waals surface area contributed by atoms with Gasteiger partial charge < -0.3 is 5.32 Å². The van der Waals surface area contributed by atoms with Gasteiger partial charge in [-0.25, -0.2) is 23.4 Å². The Hall–Kier alpha value is -3.34. The minimum Gasteiger partial charge on any atom is -0.340 e. The molecule has 7 nitrogen and oxygen atoms in total. The lowest BCUT2D eigenvalue weighted by Crippen LogP contribution is -2.12. The molecule has 5 rings (SSSR count). The van der Waals surface area contributed by atoms with Gasteiger partial charge in [-0.05, 0) is 41.3 Å². The van der Waals surface area contributed by atoms with E-state index in [0.29, 0.717) is 16.9 Å². The summed E-state index contributed by atoms with van der Waals surface area (Å²) in [6.07, 6.45) is 3.08. The molecule has 0 radical (unpaired) electrons. The minimum atomic E-state index is -3.70. The van der Waals surface area contributed by atoms with Crippen LogP contribution in [0.25, 0.3) is 21.3 Å². The van der Waals surface area contributed by atoms with Gasteiger partial charge in [0, 0.05) is 28.2 Å². The van der Waals surface area contributed by atoms with Crippen LogP contribution in [-0.2, 0) is 10.0 Å². The molecule has 2 N–H and O–H groups in total. The summed E-state index contributed by atoms with van der Waals surface area (Å²) in [7, 11) is -3.70. The summed E-state index contributed by atoms with van der Waals surface area (Å²) in [5.41, 5.74) is 4.17. The van der Waals surface area contributed by atoms with Crippen molar-refractivity contribution < 1.29 is 8.42 Å². The number of thiazole rings is 1. The lowest BCUT2D eigenvalue weighted by molar-refractivity contribution is 0.601. The highest BCUT2D eigenvalue weighted by molar-refractivity contribution is 7.93. The van der Waals surface area contributed by atoms with Crippen molar-refractivity contribution in [2.75, 3.05) is 10.0 Å². The Balaban J connectivity index is 1.43. The van der Waals surface area contributed by atoms with E-state index >= 15 is 0 Å². The molecule has 0 atom stereocenters. The lowest BCUT2D eigenvalue weighted by Gasteiger charge is -2.11. The van der Waals surface area contributed by atoms with Crippen LogP contribution in [0.2, 0.25) is 0 Å². The predicted molar refractivity (Wildman–Crippen MR) is 140 cm³/mol. The van der Waals surface area contributed by atoms with Crippen LogP contribution < -0.4 is 10.0 Å². The molecule has 0 spiro atoms. The highest BCUT2D eigenvalue weighted by Crippen LogP contribution is 2.38. The minimum absolute atomic E-state index is 0.155. The Bertz CT molecular complexity index is 1530. The summed E-state index contributed by atoms with van der Waals surface area (Å²) in [5.74, 6) is 1.14. The molecule has 0 unspecified atom stereocenters. The predicted octanol–water partition coefficient (Wildman–Crippen LogP) is 6.48. The maximum atomic E-state index is 12.6. The molecule has 0 saturated heterocycles. The van der Waals surface area contributed by atoms with Gasteiger partial charge in [0.05, 0.1) is 10.3 Å². The zero-order valence-corrected chi connectivity index (χ0v) is 20.8. The lowest BCUT2D eigenvalue weighted by atomic mass is 9.99. The Morgan fingerprint density at radius 3 is 2.35 bits per heavy atom. The van der Waals surface area contributed by atoms with Gasteiger partial charge in [-0.2, -0.15) is 0 Å². The molecule has 0 saturated carbocycles. The zero-order valence-electron chi connectivity index (χ0n) is 18.4. The molecule has 0 fully saturated rings. The van der Waals surface area contributed by atoms with E-state index in [9.17, 15) is 8.42 Å². The molecule has 3 heterocycles. The van der Waals surface area contributed by atoms with Crippen molar-refractivity contribution in [3.8, 4) is 11.1 Å². The Kier molecular flexibility index (Phi) is 6.03. The molecule has 0 aliphatic heterocycles. The zero-order chi connectivity index (χ0) is 23.7. The summed E-state index contributed by atoms with van der Waals surface area (Å²) in [4.78, 5) is 13.9. The largest absolute Gasteiger partial charge is 0.340 e. The quantitative estimate of drug-likeness (QED) is 0.262. The first-order valence-electron chi connectivity index (χ1n) is 10.5. The SMILES string of the molecule is CC(C)c1ccc(-c2csc3ncnc(Nc4ccc(S(=O)(=O)Nc5nccs5)cc4)c23)cc1. The Morgan fingerprint density at radius 1 is 0.912 bits per heavy atom. The first-order chi connectivity index (χ1) is 16.4. The molecule has 34 heavy (non-hydrogen) atoms. The van der Waals surface area contributed by atoms with Gasteiger partial charge >= 0.3 is 0 Å². The van der Waals surface area contributed by atoms with Gasteiger partial charge in [0.1, 0.15) is 17.0 Å². The summed E-state index contributed by atoms with van der Waals surface area (Å²) in [5, 5.41) is 8.40. The van der Waals surface area contributed by atoms with Crippen LogP contribution in [0, 0.1) is 0 Å². The van der Waals surface area contributed by atoms with E-state index in [1.54, 1.807) is 47.2 Å². The highest BCUT2D eigenvalue weighted by atomic mass is 32.2. The third-order valence-corrected chi connectivity index (χ3v) is 8.40. The molecule has 0 amide bonds. The fourth-order valence-corrected chi connectivity index (χ4v) is 6.24. The van der Waals surface area contributed by atoms with E-state index in [2.05, 4.69) is 68.5 Å². The van der Waals surface area contributed by atoms with E-state index in [1.807, 2.05) is 0 Å². The molecule has 0 aliphatic rings. The third kappa shape index (κ3) is 4.52. The monoisotopic (exact) mass is 507 g/mol. The first-order valence-corrected chi connectivity index (χ1v) is 13.8. The van der Waals surface area contributed by atoms with Gasteiger partial charge in [0.2, 0.25) is 0 Å². The molecule has 10 heteroatoms. The second-order valence-electron chi connectivity index (χ2n) is 7.92. The van der Waals surface area contributed by atoms with Crippen molar-refractivity contribution in [1.29, 1.82) is 0 Å². The van der Waals surface area contributed by atoms with E-state index < -0.39 is 10.0 Å². The summed E-state index contributed by atoms with van der Waals surface area (Å²) < 4.78 is 27.7.